The van der Waals surface area contributed by atoms with E-state index in [1.54, 1.807) is 0 Å². The lowest BCUT2D eigenvalue weighted by molar-refractivity contribution is 0.111. The molecule has 0 aromatic carbocycles. The van der Waals surface area contributed by atoms with E-state index >= 15 is 0 Å². The maximum absolute atomic E-state index is 10.7. The Morgan fingerprint density at radius 2 is 2.19 bits per heavy atom. The molecule has 86 valence electrons. The van der Waals surface area contributed by atoms with E-state index in [0.717, 1.165) is 31.0 Å². The number of nitrogens with zero attached hydrogens (tertiary/aromatic N) is 3. The molecule has 5 nitrogen and oxygen atoms in total. The average molecular weight is 221 g/mol. The fourth-order valence-electron chi connectivity index (χ4n) is 1.69. The van der Waals surface area contributed by atoms with Crippen molar-refractivity contribution in [1.82, 2.24) is 9.97 Å². The Hall–Kier alpha value is -1.49. The van der Waals surface area contributed by atoms with Gasteiger partial charge in [0.1, 0.15) is 5.82 Å². The second kappa shape index (κ2) is 5.03. The van der Waals surface area contributed by atoms with Gasteiger partial charge in [-0.15, -0.1) is 0 Å². The van der Waals surface area contributed by atoms with Crippen LogP contribution in [-0.2, 0) is 11.2 Å². The van der Waals surface area contributed by atoms with E-state index < -0.39 is 0 Å². The number of hydrogen-bond acceptors (Lipinski definition) is 5. The van der Waals surface area contributed by atoms with Gasteiger partial charge in [-0.2, -0.15) is 0 Å². The summed E-state index contributed by atoms with van der Waals surface area (Å²) in [5.41, 5.74) is 0.901. The van der Waals surface area contributed by atoms with Crippen molar-refractivity contribution >= 4 is 12.1 Å². The van der Waals surface area contributed by atoms with E-state index in [4.69, 9.17) is 4.74 Å². The summed E-state index contributed by atoms with van der Waals surface area (Å²) in [7, 11) is 0. The summed E-state index contributed by atoms with van der Waals surface area (Å²) < 4.78 is 5.28. The minimum absolute atomic E-state index is 0.265. The van der Waals surface area contributed by atoms with Crippen molar-refractivity contribution in [3.8, 4) is 0 Å². The second-order valence-corrected chi connectivity index (χ2v) is 3.65. The highest BCUT2D eigenvalue weighted by Gasteiger charge is 2.14. The van der Waals surface area contributed by atoms with Crippen LogP contribution < -0.4 is 4.90 Å². The minimum Gasteiger partial charge on any atom is -0.378 e. The number of hydrogen-bond donors (Lipinski definition) is 0. The fraction of sp³-hybridized carbons (Fsp3) is 0.545. The number of morpholine rings is 1. The van der Waals surface area contributed by atoms with Gasteiger partial charge in [0, 0.05) is 24.8 Å². The molecule has 1 aromatic rings. The van der Waals surface area contributed by atoms with Gasteiger partial charge in [-0.25, -0.2) is 9.97 Å². The predicted molar refractivity (Wildman–Crippen MR) is 59.8 cm³/mol. The zero-order valence-corrected chi connectivity index (χ0v) is 9.35. The molecule has 0 atom stereocenters. The normalized spacial score (nSPS) is 16.2. The van der Waals surface area contributed by atoms with Gasteiger partial charge in [-0.1, -0.05) is 6.92 Å². The Morgan fingerprint density at radius 1 is 1.44 bits per heavy atom. The van der Waals surface area contributed by atoms with Gasteiger partial charge in [0.05, 0.1) is 13.2 Å². The molecule has 0 spiro atoms. The number of carbonyl (C=O) groups is 1. The maximum atomic E-state index is 10.7. The van der Waals surface area contributed by atoms with Crippen LogP contribution in [-0.4, -0.2) is 42.6 Å². The van der Waals surface area contributed by atoms with Gasteiger partial charge in [0.2, 0.25) is 0 Å². The molecule has 0 bridgehead atoms. The zero-order chi connectivity index (χ0) is 11.4. The number of aryl methyl sites for hydroxylation is 1. The van der Waals surface area contributed by atoms with Crippen LogP contribution in [0.4, 0.5) is 5.82 Å². The first-order chi connectivity index (χ1) is 7.83. The highest BCUT2D eigenvalue weighted by atomic mass is 16.5. The Kier molecular flexibility index (Phi) is 3.46. The van der Waals surface area contributed by atoms with E-state index in [9.17, 15) is 4.79 Å². The van der Waals surface area contributed by atoms with Crippen molar-refractivity contribution < 1.29 is 9.53 Å². The lowest BCUT2D eigenvalue weighted by Crippen LogP contribution is -2.37. The highest BCUT2D eigenvalue weighted by Crippen LogP contribution is 2.14. The monoisotopic (exact) mass is 221 g/mol. The molecule has 0 N–H and O–H groups in total. The molecule has 0 radical (unpaired) electrons. The summed E-state index contributed by atoms with van der Waals surface area (Å²) in [5.74, 6) is 1.10. The summed E-state index contributed by atoms with van der Waals surface area (Å²) in [6.45, 7) is 5.07. The van der Waals surface area contributed by atoms with Gasteiger partial charge in [-0.05, 0) is 6.42 Å². The molecule has 2 heterocycles. The van der Waals surface area contributed by atoms with Gasteiger partial charge in [-0.3, -0.25) is 4.79 Å². The third kappa shape index (κ3) is 2.36. The molecule has 0 saturated carbocycles. The number of carbonyl (C=O) groups excluding carboxylic acids is 1. The Morgan fingerprint density at radius 3 is 2.81 bits per heavy atom. The predicted octanol–water partition coefficient (Wildman–Crippen LogP) is 0.688. The molecule has 1 fully saturated rings. The second-order valence-electron chi connectivity index (χ2n) is 3.65. The van der Waals surface area contributed by atoms with Gasteiger partial charge >= 0.3 is 0 Å². The lowest BCUT2D eigenvalue weighted by atomic mass is 10.3. The first kappa shape index (κ1) is 11.0. The van der Waals surface area contributed by atoms with Crippen molar-refractivity contribution in [3.05, 3.63) is 17.6 Å². The number of aromatic nitrogens is 2. The summed E-state index contributed by atoms with van der Waals surface area (Å²) in [4.78, 5) is 21.2. The van der Waals surface area contributed by atoms with Crippen LogP contribution in [0.5, 0.6) is 0 Å². The summed E-state index contributed by atoms with van der Waals surface area (Å²) >= 11 is 0. The van der Waals surface area contributed by atoms with Gasteiger partial charge in [0.15, 0.2) is 12.1 Å². The Bertz CT molecular complexity index is 375. The van der Waals surface area contributed by atoms with Crippen molar-refractivity contribution in [1.29, 1.82) is 0 Å². The average Bonchev–Trinajstić information content (AvgIpc) is 2.39. The number of anilines is 1. The summed E-state index contributed by atoms with van der Waals surface area (Å²) in [5, 5.41) is 0. The molecule has 2 rings (SSSR count). The standard InChI is InChI=1S/C11H15N3O2/c1-2-9-7-11(13-10(8-15)12-9)14-3-5-16-6-4-14/h7-8H,2-6H2,1H3. The number of rotatable bonds is 3. The van der Waals surface area contributed by atoms with Crippen LogP contribution in [0.2, 0.25) is 0 Å². The Labute approximate surface area is 94.5 Å². The summed E-state index contributed by atoms with van der Waals surface area (Å²) in [6.07, 6.45) is 1.50. The number of ether oxygens (including phenoxy) is 1. The van der Waals surface area contributed by atoms with E-state index in [2.05, 4.69) is 14.9 Å². The van der Waals surface area contributed by atoms with Crippen LogP contribution in [0.1, 0.15) is 23.2 Å². The summed E-state index contributed by atoms with van der Waals surface area (Å²) in [6, 6.07) is 1.94. The first-order valence-corrected chi connectivity index (χ1v) is 5.49. The fourth-order valence-corrected chi connectivity index (χ4v) is 1.69. The molecule has 5 heteroatoms. The SMILES string of the molecule is CCc1cc(N2CCOCC2)nc(C=O)n1. The van der Waals surface area contributed by atoms with E-state index in [0.29, 0.717) is 19.5 Å². The zero-order valence-electron chi connectivity index (χ0n) is 9.35. The molecule has 1 aromatic heterocycles. The molecule has 0 amide bonds. The molecule has 0 unspecified atom stereocenters. The van der Waals surface area contributed by atoms with Crippen molar-refractivity contribution in [3.63, 3.8) is 0 Å². The molecule has 1 aliphatic heterocycles. The van der Waals surface area contributed by atoms with Crippen LogP contribution in [0.3, 0.4) is 0 Å². The third-order valence-electron chi connectivity index (χ3n) is 2.59. The van der Waals surface area contributed by atoms with Gasteiger partial charge < -0.3 is 9.64 Å². The largest absolute Gasteiger partial charge is 0.378 e. The molecule has 0 aliphatic carbocycles. The Balaban J connectivity index is 2.27. The quantitative estimate of drug-likeness (QED) is 0.703. The topological polar surface area (TPSA) is 55.3 Å². The minimum atomic E-state index is 0.265. The van der Waals surface area contributed by atoms with Crippen LogP contribution >= 0.6 is 0 Å². The van der Waals surface area contributed by atoms with Gasteiger partial charge in [0.25, 0.3) is 0 Å². The highest BCUT2D eigenvalue weighted by molar-refractivity contribution is 5.69. The van der Waals surface area contributed by atoms with Crippen LogP contribution in [0.25, 0.3) is 0 Å². The first-order valence-electron chi connectivity index (χ1n) is 5.49. The van der Waals surface area contributed by atoms with Crippen LogP contribution in [0, 0.1) is 0 Å². The molecule has 1 aliphatic rings. The molecule has 1 saturated heterocycles. The molecule has 16 heavy (non-hydrogen) atoms. The van der Waals surface area contributed by atoms with Crippen molar-refractivity contribution in [2.24, 2.45) is 0 Å². The smallest absolute Gasteiger partial charge is 0.194 e. The van der Waals surface area contributed by atoms with E-state index in [1.807, 2.05) is 13.0 Å². The lowest BCUT2D eigenvalue weighted by Gasteiger charge is -2.28. The van der Waals surface area contributed by atoms with E-state index in [-0.39, 0.29) is 5.82 Å². The number of aldehydes is 1. The maximum Gasteiger partial charge on any atom is 0.194 e. The third-order valence-corrected chi connectivity index (χ3v) is 2.59. The van der Waals surface area contributed by atoms with Crippen molar-refractivity contribution in [2.45, 2.75) is 13.3 Å². The van der Waals surface area contributed by atoms with E-state index in [1.165, 1.54) is 0 Å². The molecular formula is C11H15N3O2. The van der Waals surface area contributed by atoms with Crippen molar-refractivity contribution in [2.75, 3.05) is 31.2 Å². The van der Waals surface area contributed by atoms with Crippen LogP contribution in [0.15, 0.2) is 6.07 Å². The molecular weight excluding hydrogens is 206 g/mol.